The van der Waals surface area contributed by atoms with E-state index in [0.29, 0.717) is 0 Å². The first-order valence-corrected chi connectivity index (χ1v) is 3.47. The van der Waals surface area contributed by atoms with E-state index >= 15 is 0 Å². The standard InChI is InChI=1S/C7H9NO6/c1-13-5(10)3-4(9)6(8-12)7(11)14-2/h9H,3H2,1-2H3. The number of esters is 2. The fourth-order valence-corrected chi connectivity index (χ4v) is 0.597. The number of nitrogens with zero attached hydrogens (tertiary/aromatic N) is 1. The fraction of sp³-hybridized carbons (Fsp3) is 0.429. The Labute approximate surface area is 79.3 Å². The van der Waals surface area contributed by atoms with Crippen LogP contribution in [0.2, 0.25) is 0 Å². The zero-order valence-corrected chi connectivity index (χ0v) is 7.64. The molecular weight excluding hydrogens is 194 g/mol. The Hall–Kier alpha value is -1.92. The van der Waals surface area contributed by atoms with E-state index in [-0.39, 0.29) is 0 Å². The number of aliphatic hydroxyl groups is 1. The second kappa shape index (κ2) is 5.68. The van der Waals surface area contributed by atoms with Crippen molar-refractivity contribution < 1.29 is 24.2 Å². The van der Waals surface area contributed by atoms with Crippen molar-refractivity contribution in [2.45, 2.75) is 6.42 Å². The fourth-order valence-electron chi connectivity index (χ4n) is 0.597. The minimum absolute atomic E-state index is 0.604. The van der Waals surface area contributed by atoms with Crippen molar-refractivity contribution in [3.63, 3.8) is 0 Å². The topological polar surface area (TPSA) is 102 Å². The van der Waals surface area contributed by atoms with Crippen molar-refractivity contribution in [1.29, 1.82) is 0 Å². The van der Waals surface area contributed by atoms with Crippen LogP contribution in [0.25, 0.3) is 0 Å². The van der Waals surface area contributed by atoms with Crippen molar-refractivity contribution in [3.8, 4) is 0 Å². The zero-order chi connectivity index (χ0) is 11.1. The Morgan fingerprint density at radius 2 is 1.86 bits per heavy atom. The first-order chi connectivity index (χ1) is 6.56. The first-order valence-electron chi connectivity index (χ1n) is 3.47. The Kier molecular flexibility index (Phi) is 4.90. The van der Waals surface area contributed by atoms with Crippen LogP contribution in [-0.4, -0.2) is 31.3 Å². The predicted octanol–water partition coefficient (Wildman–Crippen LogP) is 0.258. The Morgan fingerprint density at radius 1 is 1.29 bits per heavy atom. The third-order valence-corrected chi connectivity index (χ3v) is 1.28. The van der Waals surface area contributed by atoms with Crippen LogP contribution in [0.1, 0.15) is 6.42 Å². The van der Waals surface area contributed by atoms with Gasteiger partial charge in [-0.3, -0.25) is 4.79 Å². The van der Waals surface area contributed by atoms with Gasteiger partial charge in [-0.15, -0.1) is 4.91 Å². The maximum absolute atomic E-state index is 10.8. The van der Waals surface area contributed by atoms with Gasteiger partial charge >= 0.3 is 11.9 Å². The first kappa shape index (κ1) is 12.1. The highest BCUT2D eigenvalue weighted by molar-refractivity contribution is 5.89. The van der Waals surface area contributed by atoms with Gasteiger partial charge in [0.05, 0.1) is 14.2 Å². The number of ether oxygens (including phenoxy) is 2. The Balaban J connectivity index is 4.75. The second-order valence-corrected chi connectivity index (χ2v) is 2.13. The normalized spacial score (nSPS) is 11.3. The summed E-state index contributed by atoms with van der Waals surface area (Å²) in [5, 5.41) is 11.3. The molecule has 78 valence electrons. The van der Waals surface area contributed by atoms with E-state index in [1.807, 2.05) is 0 Å². The van der Waals surface area contributed by atoms with E-state index in [4.69, 9.17) is 5.11 Å². The molecule has 0 aromatic carbocycles. The highest BCUT2D eigenvalue weighted by Gasteiger charge is 2.19. The van der Waals surface area contributed by atoms with Crippen molar-refractivity contribution in [2.24, 2.45) is 5.18 Å². The molecule has 0 atom stereocenters. The summed E-state index contributed by atoms with van der Waals surface area (Å²) in [6.45, 7) is 0. The van der Waals surface area contributed by atoms with Gasteiger partial charge in [0.15, 0.2) is 0 Å². The van der Waals surface area contributed by atoms with Gasteiger partial charge in [0, 0.05) is 0 Å². The molecule has 0 aromatic rings. The smallest absolute Gasteiger partial charge is 0.363 e. The average molecular weight is 203 g/mol. The van der Waals surface area contributed by atoms with Gasteiger partial charge < -0.3 is 14.6 Å². The summed E-state index contributed by atoms with van der Waals surface area (Å²) in [6, 6.07) is 0. The number of nitroso groups, excluding NO2 is 1. The minimum atomic E-state index is -1.11. The third kappa shape index (κ3) is 3.21. The lowest BCUT2D eigenvalue weighted by Crippen LogP contribution is -2.09. The quantitative estimate of drug-likeness (QED) is 0.304. The molecule has 0 saturated carbocycles. The summed E-state index contributed by atoms with van der Waals surface area (Å²) in [5.41, 5.74) is -0.835. The molecule has 1 N–H and O–H groups in total. The number of hydrogen-bond acceptors (Lipinski definition) is 7. The molecule has 0 saturated heterocycles. The van der Waals surface area contributed by atoms with Gasteiger partial charge in [-0.2, -0.15) is 0 Å². The van der Waals surface area contributed by atoms with E-state index in [2.05, 4.69) is 14.7 Å². The van der Waals surface area contributed by atoms with E-state index in [1.54, 1.807) is 0 Å². The molecular formula is C7H9NO6. The maximum atomic E-state index is 10.8. The van der Waals surface area contributed by atoms with Gasteiger partial charge in [-0.1, -0.05) is 0 Å². The summed E-state index contributed by atoms with van der Waals surface area (Å²) >= 11 is 0. The second-order valence-electron chi connectivity index (χ2n) is 2.13. The summed E-state index contributed by atoms with van der Waals surface area (Å²) in [4.78, 5) is 31.5. The van der Waals surface area contributed by atoms with Crippen LogP contribution in [0.3, 0.4) is 0 Å². The molecule has 7 heteroatoms. The molecule has 0 heterocycles. The molecule has 0 unspecified atom stereocenters. The van der Waals surface area contributed by atoms with Crippen LogP contribution >= 0.6 is 0 Å². The molecule has 0 fully saturated rings. The Morgan fingerprint density at radius 3 is 2.21 bits per heavy atom. The summed E-state index contributed by atoms with van der Waals surface area (Å²) < 4.78 is 8.34. The van der Waals surface area contributed by atoms with Gasteiger partial charge in [0.25, 0.3) is 0 Å². The number of methoxy groups -OCH3 is 2. The molecule has 0 amide bonds. The number of carbonyl (C=O) groups excluding carboxylic acids is 2. The molecule has 0 radical (unpaired) electrons. The van der Waals surface area contributed by atoms with E-state index in [1.165, 1.54) is 0 Å². The van der Waals surface area contributed by atoms with Crippen LogP contribution in [0, 0.1) is 4.91 Å². The summed E-state index contributed by atoms with van der Waals surface area (Å²) in [5.74, 6) is -2.69. The molecule has 0 aliphatic carbocycles. The van der Waals surface area contributed by atoms with Crippen LogP contribution < -0.4 is 0 Å². The molecule has 7 nitrogen and oxygen atoms in total. The lowest BCUT2D eigenvalue weighted by Gasteiger charge is -2.00. The highest BCUT2D eigenvalue weighted by Crippen LogP contribution is 2.09. The lowest BCUT2D eigenvalue weighted by molar-refractivity contribution is -0.140. The molecule has 0 bridgehead atoms. The largest absolute Gasteiger partial charge is 0.509 e. The van der Waals surface area contributed by atoms with Crippen molar-refractivity contribution in [1.82, 2.24) is 0 Å². The van der Waals surface area contributed by atoms with Gasteiger partial charge in [-0.05, 0) is 5.18 Å². The molecule has 14 heavy (non-hydrogen) atoms. The van der Waals surface area contributed by atoms with Gasteiger partial charge in [-0.25, -0.2) is 4.79 Å². The Bertz CT molecular complexity index is 282. The molecule has 0 aliphatic rings. The zero-order valence-electron chi connectivity index (χ0n) is 7.64. The van der Waals surface area contributed by atoms with Crippen molar-refractivity contribution >= 4 is 11.9 Å². The maximum Gasteiger partial charge on any atom is 0.363 e. The van der Waals surface area contributed by atoms with E-state index < -0.39 is 29.8 Å². The van der Waals surface area contributed by atoms with Crippen LogP contribution in [0.4, 0.5) is 0 Å². The summed E-state index contributed by atoms with van der Waals surface area (Å²) in [7, 11) is 2.11. The number of hydrogen-bond donors (Lipinski definition) is 1. The predicted molar refractivity (Wildman–Crippen MR) is 44.1 cm³/mol. The van der Waals surface area contributed by atoms with Crippen LogP contribution in [-0.2, 0) is 19.1 Å². The monoisotopic (exact) mass is 203 g/mol. The average Bonchev–Trinajstić information content (AvgIpc) is 2.18. The number of aliphatic hydroxyl groups excluding tert-OH is 1. The molecule has 0 rings (SSSR count). The van der Waals surface area contributed by atoms with E-state index in [9.17, 15) is 14.5 Å². The SMILES string of the molecule is COC(=O)CC(O)=C(N=O)C(=O)OC. The summed E-state index contributed by atoms with van der Waals surface area (Å²) in [6.07, 6.45) is -0.604. The van der Waals surface area contributed by atoms with Crippen molar-refractivity contribution in [2.75, 3.05) is 14.2 Å². The molecule has 0 spiro atoms. The molecule has 0 aromatic heterocycles. The van der Waals surface area contributed by atoms with E-state index in [0.717, 1.165) is 14.2 Å². The van der Waals surface area contributed by atoms with Crippen LogP contribution in [0.5, 0.6) is 0 Å². The minimum Gasteiger partial charge on any atom is -0.509 e. The molecule has 0 aliphatic heterocycles. The number of carbonyl (C=O) groups is 2. The van der Waals surface area contributed by atoms with Crippen LogP contribution in [0.15, 0.2) is 16.6 Å². The highest BCUT2D eigenvalue weighted by atomic mass is 16.5. The van der Waals surface area contributed by atoms with Crippen molar-refractivity contribution in [3.05, 3.63) is 16.4 Å². The third-order valence-electron chi connectivity index (χ3n) is 1.28. The van der Waals surface area contributed by atoms with Gasteiger partial charge in [0.2, 0.25) is 5.70 Å². The van der Waals surface area contributed by atoms with Gasteiger partial charge in [0.1, 0.15) is 12.2 Å². The number of rotatable bonds is 4. The lowest BCUT2D eigenvalue weighted by atomic mass is 10.3.